The van der Waals surface area contributed by atoms with Crippen LogP contribution >= 0.6 is 24.0 Å². The molecule has 1 heterocycles. The Morgan fingerprint density at radius 1 is 1.83 bits per heavy atom. The summed E-state index contributed by atoms with van der Waals surface area (Å²) >= 11 is 6.50. The second-order valence-corrected chi connectivity index (χ2v) is 4.16. The van der Waals surface area contributed by atoms with Crippen LogP contribution in [0.5, 0.6) is 0 Å². The quantitative estimate of drug-likeness (QED) is 0.686. The van der Waals surface area contributed by atoms with E-state index in [-0.39, 0.29) is 0 Å². The Labute approximate surface area is 81.1 Å². The Balaban J connectivity index is 2.63. The third-order valence-electron chi connectivity index (χ3n) is 1.73. The lowest BCUT2D eigenvalue weighted by molar-refractivity contribution is -0.138. The van der Waals surface area contributed by atoms with Crippen LogP contribution in [0.3, 0.4) is 0 Å². The summed E-state index contributed by atoms with van der Waals surface area (Å²) in [5.74, 6) is 0.0743. The Hall–Kier alpha value is -0.290. The molecule has 0 aromatic rings. The molecule has 1 saturated heterocycles. The van der Waals surface area contributed by atoms with Crippen molar-refractivity contribution < 1.29 is 9.90 Å². The lowest BCUT2D eigenvalue weighted by Gasteiger charge is -2.22. The van der Waals surface area contributed by atoms with Gasteiger partial charge < -0.3 is 10.0 Å². The molecule has 1 atom stereocenters. The van der Waals surface area contributed by atoms with Gasteiger partial charge in [-0.3, -0.25) is 0 Å². The van der Waals surface area contributed by atoms with Crippen LogP contribution in [0.2, 0.25) is 0 Å². The van der Waals surface area contributed by atoms with Gasteiger partial charge in [0.05, 0.1) is 4.99 Å². The summed E-state index contributed by atoms with van der Waals surface area (Å²) in [7, 11) is 0. The number of carboxylic acid groups (broad SMARTS) is 1. The number of thioether (sulfide) groups is 1. The van der Waals surface area contributed by atoms with Crippen molar-refractivity contribution in [1.82, 2.24) is 4.90 Å². The summed E-state index contributed by atoms with van der Waals surface area (Å²) < 4.78 is 0. The summed E-state index contributed by atoms with van der Waals surface area (Å²) in [6.07, 6.45) is 0.750. The van der Waals surface area contributed by atoms with Gasteiger partial charge >= 0.3 is 5.97 Å². The number of nitrogens with zero attached hydrogens (tertiary/aromatic N) is 1. The van der Waals surface area contributed by atoms with E-state index in [0.29, 0.717) is 0 Å². The molecule has 0 radical (unpaired) electrons. The summed E-state index contributed by atoms with van der Waals surface area (Å²) in [6, 6.07) is 0. The third kappa shape index (κ3) is 1.90. The van der Waals surface area contributed by atoms with E-state index in [0.717, 1.165) is 23.7 Å². The molecular weight excluding hydrogens is 194 g/mol. The van der Waals surface area contributed by atoms with Crippen molar-refractivity contribution in [2.24, 2.45) is 0 Å². The molecule has 0 aromatic carbocycles. The Bertz CT molecular complexity index is 208. The first kappa shape index (κ1) is 9.80. The van der Waals surface area contributed by atoms with Gasteiger partial charge in [0.1, 0.15) is 0 Å². The SMILES string of the molecule is CCC(=S)N1CCSC1C(=O)O. The highest BCUT2D eigenvalue weighted by molar-refractivity contribution is 8.00. The predicted molar refractivity (Wildman–Crippen MR) is 53.5 cm³/mol. The standard InChI is InChI=1S/C7H11NO2S2/c1-2-5(11)8-3-4-12-6(8)7(9)10/h6H,2-4H2,1H3,(H,9,10). The second-order valence-electron chi connectivity index (χ2n) is 2.50. The predicted octanol–water partition coefficient (Wildman–Crippen LogP) is 1.18. The van der Waals surface area contributed by atoms with E-state index in [1.807, 2.05) is 6.92 Å². The van der Waals surface area contributed by atoms with Crippen LogP contribution in [0, 0.1) is 0 Å². The monoisotopic (exact) mass is 205 g/mol. The Kier molecular flexibility index (Phi) is 3.34. The fourth-order valence-corrected chi connectivity index (χ4v) is 2.48. The molecule has 1 N–H and O–H groups in total. The smallest absolute Gasteiger partial charge is 0.336 e. The average molecular weight is 205 g/mol. The number of thiocarbonyl (C=S) groups is 1. The Morgan fingerprint density at radius 3 is 3.00 bits per heavy atom. The van der Waals surface area contributed by atoms with Crippen LogP contribution in [0.1, 0.15) is 13.3 Å². The van der Waals surface area contributed by atoms with E-state index in [9.17, 15) is 4.79 Å². The van der Waals surface area contributed by atoms with E-state index in [1.54, 1.807) is 4.90 Å². The molecule has 1 aliphatic heterocycles. The van der Waals surface area contributed by atoms with Gasteiger partial charge in [-0.25, -0.2) is 4.79 Å². The minimum atomic E-state index is -0.784. The highest BCUT2D eigenvalue weighted by Gasteiger charge is 2.31. The Morgan fingerprint density at radius 2 is 2.50 bits per heavy atom. The van der Waals surface area contributed by atoms with Gasteiger partial charge in [0.15, 0.2) is 5.37 Å². The number of rotatable bonds is 2. The van der Waals surface area contributed by atoms with Gasteiger partial charge in [-0.05, 0) is 6.42 Å². The van der Waals surface area contributed by atoms with Crippen LogP contribution in [-0.2, 0) is 4.79 Å². The maximum Gasteiger partial charge on any atom is 0.336 e. The molecule has 0 amide bonds. The van der Waals surface area contributed by atoms with Gasteiger partial charge in [-0.15, -0.1) is 11.8 Å². The van der Waals surface area contributed by atoms with Crippen molar-refractivity contribution in [1.29, 1.82) is 0 Å². The molecule has 68 valence electrons. The molecule has 0 spiro atoms. The molecule has 0 bridgehead atoms. The number of carbonyl (C=O) groups is 1. The fraction of sp³-hybridized carbons (Fsp3) is 0.714. The molecule has 3 nitrogen and oxygen atoms in total. The van der Waals surface area contributed by atoms with Crippen molar-refractivity contribution in [3.05, 3.63) is 0 Å². The highest BCUT2D eigenvalue weighted by atomic mass is 32.2. The zero-order chi connectivity index (χ0) is 9.14. The van der Waals surface area contributed by atoms with E-state index in [4.69, 9.17) is 17.3 Å². The summed E-state index contributed by atoms with van der Waals surface area (Å²) in [5.41, 5.74) is 0. The van der Waals surface area contributed by atoms with Crippen LogP contribution in [-0.4, -0.2) is 38.6 Å². The van der Waals surface area contributed by atoms with Crippen LogP contribution in [0.4, 0.5) is 0 Å². The van der Waals surface area contributed by atoms with E-state index >= 15 is 0 Å². The molecule has 1 unspecified atom stereocenters. The second kappa shape index (κ2) is 4.09. The molecule has 0 aliphatic carbocycles. The molecular formula is C7H11NO2S2. The molecule has 1 aliphatic rings. The maximum absolute atomic E-state index is 10.7. The van der Waals surface area contributed by atoms with Crippen LogP contribution in [0.25, 0.3) is 0 Å². The lowest BCUT2D eigenvalue weighted by atomic mass is 10.4. The van der Waals surface area contributed by atoms with Crippen LogP contribution in [0.15, 0.2) is 0 Å². The molecule has 1 rings (SSSR count). The molecule has 5 heteroatoms. The molecule has 1 fully saturated rings. The fourth-order valence-electron chi connectivity index (χ4n) is 1.13. The average Bonchev–Trinajstić information content (AvgIpc) is 2.50. The summed E-state index contributed by atoms with van der Waals surface area (Å²) in [4.78, 5) is 13.3. The van der Waals surface area contributed by atoms with Crippen molar-refractivity contribution in [2.75, 3.05) is 12.3 Å². The van der Waals surface area contributed by atoms with Crippen molar-refractivity contribution in [3.8, 4) is 0 Å². The number of aliphatic carboxylic acids is 1. The maximum atomic E-state index is 10.7. The largest absolute Gasteiger partial charge is 0.479 e. The normalized spacial score (nSPS) is 22.8. The third-order valence-corrected chi connectivity index (χ3v) is 3.44. The van der Waals surface area contributed by atoms with Gasteiger partial charge in [-0.1, -0.05) is 19.1 Å². The summed E-state index contributed by atoms with van der Waals surface area (Å²) in [5, 5.41) is 8.36. The van der Waals surface area contributed by atoms with Crippen LogP contribution < -0.4 is 0 Å². The van der Waals surface area contributed by atoms with Gasteiger partial charge in [0, 0.05) is 12.3 Å². The van der Waals surface area contributed by atoms with E-state index in [2.05, 4.69) is 0 Å². The number of hydrogen-bond acceptors (Lipinski definition) is 3. The molecule has 0 aromatic heterocycles. The van der Waals surface area contributed by atoms with Gasteiger partial charge in [0.25, 0.3) is 0 Å². The first-order valence-corrected chi connectivity index (χ1v) is 5.26. The first-order valence-electron chi connectivity index (χ1n) is 3.80. The van der Waals surface area contributed by atoms with Gasteiger partial charge in [0.2, 0.25) is 0 Å². The van der Waals surface area contributed by atoms with E-state index in [1.165, 1.54) is 11.8 Å². The van der Waals surface area contributed by atoms with Crippen molar-refractivity contribution >= 4 is 34.9 Å². The lowest BCUT2D eigenvalue weighted by Crippen LogP contribution is -2.37. The first-order chi connectivity index (χ1) is 5.66. The van der Waals surface area contributed by atoms with Crippen molar-refractivity contribution in [3.63, 3.8) is 0 Å². The number of hydrogen-bond donors (Lipinski definition) is 1. The number of carboxylic acids is 1. The minimum Gasteiger partial charge on any atom is -0.479 e. The summed E-state index contributed by atoms with van der Waals surface area (Å²) in [6.45, 7) is 2.72. The van der Waals surface area contributed by atoms with E-state index < -0.39 is 11.3 Å². The zero-order valence-electron chi connectivity index (χ0n) is 6.82. The zero-order valence-corrected chi connectivity index (χ0v) is 8.45. The van der Waals surface area contributed by atoms with Crippen molar-refractivity contribution in [2.45, 2.75) is 18.7 Å². The van der Waals surface area contributed by atoms with Gasteiger partial charge in [-0.2, -0.15) is 0 Å². The molecule has 12 heavy (non-hydrogen) atoms. The minimum absolute atomic E-state index is 0.447. The highest BCUT2D eigenvalue weighted by Crippen LogP contribution is 2.24. The topological polar surface area (TPSA) is 40.5 Å². The molecule has 0 saturated carbocycles.